The summed E-state index contributed by atoms with van der Waals surface area (Å²) in [5.41, 5.74) is 4.23. The average Bonchev–Trinajstić information content (AvgIpc) is 2.87. The number of fused-ring (bicyclic) bond motifs is 1. The summed E-state index contributed by atoms with van der Waals surface area (Å²) in [7, 11) is 4.91. The van der Waals surface area contributed by atoms with Crippen molar-refractivity contribution in [2.75, 3.05) is 34.4 Å². The highest BCUT2D eigenvalue weighted by Crippen LogP contribution is 2.38. The van der Waals surface area contributed by atoms with Gasteiger partial charge in [0.2, 0.25) is 0 Å². The molecule has 0 spiro atoms. The lowest BCUT2D eigenvalue weighted by atomic mass is 9.91. The van der Waals surface area contributed by atoms with Gasteiger partial charge in [-0.15, -0.1) is 0 Å². The van der Waals surface area contributed by atoms with Gasteiger partial charge in [-0.2, -0.15) is 0 Å². The number of nitrogens with zero attached hydrogens (tertiary/aromatic N) is 1. The standard InChI is InChI=1S/C27H30N2O4/c1-31-22-11-9-20(10-12-22)27(30)28-17-24-23-16-26(33-3)25(32-2)15-21(23)13-14-29(24)18-19-7-5-4-6-8-19/h4-12,15-16,24H,13-14,17-18H2,1-3H3,(H,28,30). The van der Waals surface area contributed by atoms with E-state index < -0.39 is 0 Å². The van der Waals surface area contributed by atoms with E-state index in [4.69, 9.17) is 14.2 Å². The number of carbonyl (C=O) groups excluding carboxylic acids is 1. The Labute approximate surface area is 195 Å². The van der Waals surface area contributed by atoms with Gasteiger partial charge < -0.3 is 19.5 Å². The Hall–Kier alpha value is -3.51. The van der Waals surface area contributed by atoms with Crippen LogP contribution >= 0.6 is 0 Å². The van der Waals surface area contributed by atoms with Crippen LogP contribution in [0.15, 0.2) is 66.7 Å². The van der Waals surface area contributed by atoms with E-state index in [0.29, 0.717) is 17.9 Å². The molecule has 3 aromatic rings. The largest absolute Gasteiger partial charge is 0.497 e. The third-order valence-electron chi connectivity index (χ3n) is 6.15. The maximum Gasteiger partial charge on any atom is 0.251 e. The molecule has 172 valence electrons. The summed E-state index contributed by atoms with van der Waals surface area (Å²) in [6, 6.07) is 21.7. The van der Waals surface area contributed by atoms with E-state index in [1.165, 1.54) is 11.1 Å². The molecule has 0 saturated carbocycles. The number of benzene rings is 3. The fourth-order valence-electron chi connectivity index (χ4n) is 4.36. The van der Waals surface area contributed by atoms with Crippen LogP contribution in [0.5, 0.6) is 17.2 Å². The average molecular weight is 447 g/mol. The molecule has 3 aromatic carbocycles. The van der Waals surface area contributed by atoms with Crippen molar-refractivity contribution < 1.29 is 19.0 Å². The van der Waals surface area contributed by atoms with Gasteiger partial charge in [-0.1, -0.05) is 30.3 Å². The van der Waals surface area contributed by atoms with Gasteiger partial charge in [-0.05, 0) is 59.5 Å². The number of rotatable bonds is 8. The maximum atomic E-state index is 12.9. The third-order valence-corrected chi connectivity index (χ3v) is 6.15. The molecular weight excluding hydrogens is 416 g/mol. The van der Waals surface area contributed by atoms with Crippen molar-refractivity contribution in [3.8, 4) is 17.2 Å². The number of nitrogens with one attached hydrogen (secondary N) is 1. The first-order valence-electron chi connectivity index (χ1n) is 11.1. The van der Waals surface area contributed by atoms with Crippen LogP contribution in [-0.4, -0.2) is 45.2 Å². The first kappa shape index (κ1) is 22.7. The predicted molar refractivity (Wildman–Crippen MR) is 128 cm³/mol. The smallest absolute Gasteiger partial charge is 0.251 e. The fraction of sp³-hybridized carbons (Fsp3) is 0.296. The van der Waals surface area contributed by atoms with E-state index in [1.54, 1.807) is 45.6 Å². The second-order valence-electron chi connectivity index (χ2n) is 8.07. The molecule has 0 aliphatic carbocycles. The highest BCUT2D eigenvalue weighted by molar-refractivity contribution is 5.94. The zero-order valence-electron chi connectivity index (χ0n) is 19.3. The predicted octanol–water partition coefficient (Wildman–Crippen LogP) is 4.24. The summed E-state index contributed by atoms with van der Waals surface area (Å²) in [6.07, 6.45) is 0.908. The Kier molecular flexibility index (Phi) is 7.15. The van der Waals surface area contributed by atoms with Gasteiger partial charge >= 0.3 is 0 Å². The zero-order valence-corrected chi connectivity index (χ0v) is 19.3. The molecule has 0 aromatic heterocycles. The number of hydrogen-bond acceptors (Lipinski definition) is 5. The van der Waals surface area contributed by atoms with E-state index in [-0.39, 0.29) is 11.9 Å². The van der Waals surface area contributed by atoms with E-state index in [0.717, 1.165) is 36.6 Å². The summed E-state index contributed by atoms with van der Waals surface area (Å²) < 4.78 is 16.3. The third kappa shape index (κ3) is 5.12. The Morgan fingerprint density at radius 3 is 2.30 bits per heavy atom. The van der Waals surface area contributed by atoms with Gasteiger partial charge in [0.05, 0.1) is 27.4 Å². The van der Waals surface area contributed by atoms with E-state index >= 15 is 0 Å². The maximum absolute atomic E-state index is 12.9. The van der Waals surface area contributed by atoms with E-state index in [9.17, 15) is 4.79 Å². The van der Waals surface area contributed by atoms with Crippen molar-refractivity contribution >= 4 is 5.91 Å². The fourth-order valence-corrected chi connectivity index (χ4v) is 4.36. The van der Waals surface area contributed by atoms with Crippen LogP contribution in [0.4, 0.5) is 0 Å². The van der Waals surface area contributed by atoms with Gasteiger partial charge in [0, 0.05) is 25.2 Å². The second kappa shape index (κ2) is 10.4. The normalized spacial score (nSPS) is 15.4. The molecule has 6 heteroatoms. The molecule has 1 amide bonds. The van der Waals surface area contributed by atoms with Crippen LogP contribution in [0.1, 0.15) is 33.1 Å². The number of amides is 1. The lowest BCUT2D eigenvalue weighted by Gasteiger charge is -2.38. The highest BCUT2D eigenvalue weighted by Gasteiger charge is 2.29. The van der Waals surface area contributed by atoms with Crippen molar-refractivity contribution in [1.29, 1.82) is 0 Å². The first-order chi connectivity index (χ1) is 16.1. The molecular formula is C27H30N2O4. The quantitative estimate of drug-likeness (QED) is 0.561. The van der Waals surface area contributed by atoms with Gasteiger partial charge in [-0.3, -0.25) is 9.69 Å². The topological polar surface area (TPSA) is 60.0 Å². The van der Waals surface area contributed by atoms with Crippen LogP contribution < -0.4 is 19.5 Å². The van der Waals surface area contributed by atoms with Crippen molar-refractivity contribution in [1.82, 2.24) is 10.2 Å². The van der Waals surface area contributed by atoms with E-state index in [2.05, 4.69) is 46.6 Å². The molecule has 0 fully saturated rings. The molecule has 1 atom stereocenters. The first-order valence-corrected chi connectivity index (χ1v) is 11.1. The van der Waals surface area contributed by atoms with E-state index in [1.807, 2.05) is 6.07 Å². The molecule has 0 radical (unpaired) electrons. The zero-order chi connectivity index (χ0) is 23.2. The molecule has 6 nitrogen and oxygen atoms in total. The second-order valence-corrected chi connectivity index (χ2v) is 8.07. The molecule has 1 N–H and O–H groups in total. The molecule has 1 unspecified atom stereocenters. The molecule has 0 saturated heterocycles. The minimum Gasteiger partial charge on any atom is -0.497 e. The summed E-state index contributed by atoms with van der Waals surface area (Å²) >= 11 is 0. The number of hydrogen-bond donors (Lipinski definition) is 1. The van der Waals surface area contributed by atoms with Crippen LogP contribution in [0, 0.1) is 0 Å². The van der Waals surface area contributed by atoms with Crippen LogP contribution in [0.25, 0.3) is 0 Å². The summed E-state index contributed by atoms with van der Waals surface area (Å²) in [4.78, 5) is 15.3. The van der Waals surface area contributed by atoms with Gasteiger partial charge in [0.25, 0.3) is 5.91 Å². The molecule has 1 aliphatic rings. The van der Waals surface area contributed by atoms with Crippen molar-refractivity contribution in [3.05, 3.63) is 89.0 Å². The lowest BCUT2D eigenvalue weighted by molar-refractivity contribution is 0.0926. The van der Waals surface area contributed by atoms with Crippen molar-refractivity contribution in [3.63, 3.8) is 0 Å². The molecule has 1 heterocycles. The number of ether oxygens (including phenoxy) is 3. The summed E-state index contributed by atoms with van der Waals surface area (Å²) in [5.74, 6) is 2.05. The Morgan fingerprint density at radius 1 is 0.939 bits per heavy atom. The lowest BCUT2D eigenvalue weighted by Crippen LogP contribution is -2.41. The minimum atomic E-state index is -0.107. The van der Waals surface area contributed by atoms with Gasteiger partial charge in [0.1, 0.15) is 5.75 Å². The molecule has 4 rings (SSSR count). The summed E-state index contributed by atoms with van der Waals surface area (Å²) in [5, 5.41) is 3.14. The number of carbonyl (C=O) groups is 1. The number of methoxy groups -OCH3 is 3. The van der Waals surface area contributed by atoms with Crippen LogP contribution in [0.3, 0.4) is 0 Å². The SMILES string of the molecule is COc1ccc(C(=O)NCC2c3cc(OC)c(OC)cc3CCN2Cc2ccccc2)cc1. The molecule has 33 heavy (non-hydrogen) atoms. The molecule has 0 bridgehead atoms. The molecule has 1 aliphatic heterocycles. The monoisotopic (exact) mass is 446 g/mol. The van der Waals surface area contributed by atoms with Crippen LogP contribution in [0.2, 0.25) is 0 Å². The Balaban J connectivity index is 1.60. The highest BCUT2D eigenvalue weighted by atomic mass is 16.5. The Bertz CT molecular complexity index is 1080. The summed E-state index contributed by atoms with van der Waals surface area (Å²) in [6.45, 7) is 2.18. The Morgan fingerprint density at radius 2 is 1.64 bits per heavy atom. The van der Waals surface area contributed by atoms with Gasteiger partial charge in [-0.25, -0.2) is 0 Å². The van der Waals surface area contributed by atoms with Gasteiger partial charge in [0.15, 0.2) is 11.5 Å². The minimum absolute atomic E-state index is 0.0101. The van der Waals surface area contributed by atoms with Crippen molar-refractivity contribution in [2.24, 2.45) is 0 Å². The van der Waals surface area contributed by atoms with Crippen molar-refractivity contribution in [2.45, 2.75) is 19.0 Å². The van der Waals surface area contributed by atoms with Crippen LogP contribution in [-0.2, 0) is 13.0 Å².